The van der Waals surface area contributed by atoms with E-state index >= 15 is 0 Å². The first-order chi connectivity index (χ1) is 14.0. The third-order valence-corrected chi connectivity index (χ3v) is 5.31. The SMILES string of the molecule is COc1cc(O)cc(OC)c1[C@H]1c2ccc(O)cc2OC[C@H]1c1ccc(O)cc1. The smallest absolute Gasteiger partial charge is 0.130 e. The van der Waals surface area contributed by atoms with Gasteiger partial charge in [0.25, 0.3) is 0 Å². The van der Waals surface area contributed by atoms with Gasteiger partial charge in [-0.05, 0) is 23.8 Å². The maximum Gasteiger partial charge on any atom is 0.130 e. The molecule has 2 atom stereocenters. The van der Waals surface area contributed by atoms with E-state index in [1.165, 1.54) is 0 Å². The van der Waals surface area contributed by atoms with Gasteiger partial charge in [-0.3, -0.25) is 0 Å². The molecule has 0 aromatic heterocycles. The molecule has 3 N–H and O–H groups in total. The Bertz CT molecular complexity index is 1000. The fraction of sp³-hybridized carbons (Fsp3) is 0.217. The monoisotopic (exact) mass is 394 g/mol. The molecule has 0 fully saturated rings. The molecule has 6 nitrogen and oxygen atoms in total. The standard InChI is InChI=1S/C23H22O6/c1-27-20-10-16(26)11-21(28-2)23(20)22-17-8-7-15(25)9-19(17)29-12-18(22)13-3-5-14(24)6-4-13/h3-11,18,22,24-26H,12H2,1-2H3/t18-,22-/m0/s1. The van der Waals surface area contributed by atoms with Gasteiger partial charge in [0.15, 0.2) is 0 Å². The summed E-state index contributed by atoms with van der Waals surface area (Å²) < 4.78 is 17.2. The first-order valence-electron chi connectivity index (χ1n) is 9.21. The van der Waals surface area contributed by atoms with Crippen LogP contribution in [0.25, 0.3) is 0 Å². The zero-order chi connectivity index (χ0) is 20.5. The minimum absolute atomic E-state index is 0.0432. The van der Waals surface area contributed by atoms with Gasteiger partial charge >= 0.3 is 0 Å². The van der Waals surface area contributed by atoms with E-state index < -0.39 is 0 Å². The summed E-state index contributed by atoms with van der Waals surface area (Å²) in [5, 5.41) is 29.7. The van der Waals surface area contributed by atoms with E-state index in [1.54, 1.807) is 50.6 Å². The predicted octanol–water partition coefficient (Wildman–Crippen LogP) is 4.13. The average molecular weight is 394 g/mol. The second-order valence-electron chi connectivity index (χ2n) is 6.97. The van der Waals surface area contributed by atoms with Crippen LogP contribution in [0.5, 0.6) is 34.5 Å². The Balaban J connectivity index is 1.96. The molecular weight excluding hydrogens is 372 g/mol. The summed E-state index contributed by atoms with van der Waals surface area (Å²) in [5.41, 5.74) is 2.62. The van der Waals surface area contributed by atoms with Crippen molar-refractivity contribution in [3.8, 4) is 34.5 Å². The van der Waals surface area contributed by atoms with Gasteiger partial charge in [-0.15, -0.1) is 0 Å². The van der Waals surface area contributed by atoms with Gasteiger partial charge < -0.3 is 29.5 Å². The summed E-state index contributed by atoms with van der Waals surface area (Å²) in [5.74, 6) is 1.59. The molecule has 3 aromatic rings. The van der Waals surface area contributed by atoms with E-state index in [0.29, 0.717) is 23.9 Å². The number of phenolic OH excluding ortho intramolecular Hbond substituents is 3. The summed E-state index contributed by atoms with van der Waals surface area (Å²) >= 11 is 0. The fourth-order valence-corrected chi connectivity index (χ4v) is 4.00. The van der Waals surface area contributed by atoms with Crippen LogP contribution in [0.4, 0.5) is 0 Å². The third kappa shape index (κ3) is 3.38. The molecule has 29 heavy (non-hydrogen) atoms. The topological polar surface area (TPSA) is 88.4 Å². The van der Waals surface area contributed by atoms with Crippen LogP contribution in [-0.2, 0) is 0 Å². The van der Waals surface area contributed by atoms with E-state index in [2.05, 4.69) is 0 Å². The lowest BCUT2D eigenvalue weighted by molar-refractivity contribution is 0.243. The first kappa shape index (κ1) is 18.8. The Labute approximate surface area is 168 Å². The number of ether oxygens (including phenoxy) is 3. The van der Waals surface area contributed by atoms with Gasteiger partial charge in [-0.1, -0.05) is 18.2 Å². The number of benzene rings is 3. The van der Waals surface area contributed by atoms with E-state index in [9.17, 15) is 15.3 Å². The van der Waals surface area contributed by atoms with Crippen molar-refractivity contribution in [2.75, 3.05) is 20.8 Å². The summed E-state index contributed by atoms with van der Waals surface area (Å²) in [4.78, 5) is 0. The van der Waals surface area contributed by atoms with Crippen LogP contribution >= 0.6 is 0 Å². The van der Waals surface area contributed by atoms with E-state index in [-0.39, 0.29) is 29.1 Å². The van der Waals surface area contributed by atoms with Gasteiger partial charge in [0.05, 0.1) is 20.8 Å². The van der Waals surface area contributed by atoms with E-state index in [0.717, 1.165) is 16.7 Å². The summed E-state index contributed by atoms with van der Waals surface area (Å²) in [6, 6.07) is 15.2. The van der Waals surface area contributed by atoms with Crippen LogP contribution in [-0.4, -0.2) is 36.1 Å². The van der Waals surface area contributed by atoms with Crippen molar-refractivity contribution in [3.63, 3.8) is 0 Å². The van der Waals surface area contributed by atoms with Gasteiger partial charge in [0.2, 0.25) is 0 Å². The highest BCUT2D eigenvalue weighted by Crippen LogP contribution is 2.52. The largest absolute Gasteiger partial charge is 0.508 e. The molecule has 0 aliphatic carbocycles. The molecule has 0 unspecified atom stereocenters. The number of rotatable bonds is 4. The highest BCUT2D eigenvalue weighted by atomic mass is 16.5. The highest BCUT2D eigenvalue weighted by molar-refractivity contribution is 5.59. The lowest BCUT2D eigenvalue weighted by atomic mass is 9.75. The Hall–Kier alpha value is -3.54. The molecule has 0 saturated carbocycles. The molecule has 0 bridgehead atoms. The van der Waals surface area contributed by atoms with Crippen molar-refractivity contribution in [3.05, 3.63) is 71.3 Å². The number of hydrogen-bond donors (Lipinski definition) is 3. The minimum atomic E-state index is -0.227. The lowest BCUT2D eigenvalue weighted by Crippen LogP contribution is -2.26. The van der Waals surface area contributed by atoms with Gasteiger partial charge in [0.1, 0.15) is 34.5 Å². The van der Waals surface area contributed by atoms with Crippen molar-refractivity contribution in [1.29, 1.82) is 0 Å². The molecule has 4 rings (SSSR count). The molecule has 0 spiro atoms. The molecule has 150 valence electrons. The average Bonchev–Trinajstić information content (AvgIpc) is 2.73. The molecule has 1 aliphatic heterocycles. The highest BCUT2D eigenvalue weighted by Gasteiger charge is 2.37. The van der Waals surface area contributed by atoms with Crippen molar-refractivity contribution < 1.29 is 29.5 Å². The Morgan fingerprint density at radius 1 is 0.793 bits per heavy atom. The number of hydrogen-bond acceptors (Lipinski definition) is 6. The second kappa shape index (κ2) is 7.47. The normalized spacial score (nSPS) is 17.9. The fourth-order valence-electron chi connectivity index (χ4n) is 4.00. The quantitative estimate of drug-likeness (QED) is 0.617. The van der Waals surface area contributed by atoms with Crippen LogP contribution < -0.4 is 14.2 Å². The van der Waals surface area contributed by atoms with Crippen molar-refractivity contribution >= 4 is 0 Å². The molecule has 0 amide bonds. The molecule has 6 heteroatoms. The minimum Gasteiger partial charge on any atom is -0.508 e. The van der Waals surface area contributed by atoms with Crippen LogP contribution in [0.3, 0.4) is 0 Å². The molecule has 0 radical (unpaired) electrons. The summed E-state index contributed by atoms with van der Waals surface area (Å²) in [6.45, 7) is 0.360. The summed E-state index contributed by atoms with van der Waals surface area (Å²) in [6.07, 6.45) is 0. The zero-order valence-corrected chi connectivity index (χ0v) is 16.1. The van der Waals surface area contributed by atoms with Crippen LogP contribution in [0.15, 0.2) is 54.6 Å². The van der Waals surface area contributed by atoms with Crippen LogP contribution in [0, 0.1) is 0 Å². The van der Waals surface area contributed by atoms with Crippen LogP contribution in [0.1, 0.15) is 28.5 Å². The molecule has 1 heterocycles. The number of aromatic hydroxyl groups is 3. The van der Waals surface area contributed by atoms with Crippen molar-refractivity contribution in [1.82, 2.24) is 0 Å². The van der Waals surface area contributed by atoms with Gasteiger partial charge in [-0.25, -0.2) is 0 Å². The maximum absolute atomic E-state index is 10.1. The van der Waals surface area contributed by atoms with E-state index in [1.807, 2.05) is 18.2 Å². The van der Waals surface area contributed by atoms with Gasteiger partial charge in [-0.2, -0.15) is 0 Å². The Morgan fingerprint density at radius 3 is 2.03 bits per heavy atom. The van der Waals surface area contributed by atoms with Gasteiger partial charge in [0, 0.05) is 41.2 Å². The maximum atomic E-state index is 10.1. The first-order valence-corrected chi connectivity index (χ1v) is 9.21. The zero-order valence-electron chi connectivity index (χ0n) is 16.1. The Morgan fingerprint density at radius 2 is 1.41 bits per heavy atom. The Kier molecular flexibility index (Phi) is 4.84. The number of fused-ring (bicyclic) bond motifs is 1. The molecule has 3 aromatic carbocycles. The molecule has 0 saturated heterocycles. The second-order valence-corrected chi connectivity index (χ2v) is 6.97. The van der Waals surface area contributed by atoms with E-state index in [4.69, 9.17) is 14.2 Å². The third-order valence-electron chi connectivity index (χ3n) is 5.31. The van der Waals surface area contributed by atoms with Crippen molar-refractivity contribution in [2.24, 2.45) is 0 Å². The van der Waals surface area contributed by atoms with Crippen molar-refractivity contribution in [2.45, 2.75) is 11.8 Å². The number of methoxy groups -OCH3 is 2. The van der Waals surface area contributed by atoms with Crippen LogP contribution in [0.2, 0.25) is 0 Å². The lowest BCUT2D eigenvalue weighted by Gasteiger charge is -2.35. The summed E-state index contributed by atoms with van der Waals surface area (Å²) in [7, 11) is 3.09. The number of phenols is 3. The molecular formula is C23H22O6. The molecule has 1 aliphatic rings. The predicted molar refractivity (Wildman–Crippen MR) is 108 cm³/mol.